The zero-order chi connectivity index (χ0) is 14.4. The van der Waals surface area contributed by atoms with Gasteiger partial charge in [-0.1, -0.05) is 6.07 Å². The van der Waals surface area contributed by atoms with Crippen LogP contribution in [-0.4, -0.2) is 31.2 Å². The van der Waals surface area contributed by atoms with Crippen LogP contribution >= 0.6 is 0 Å². The lowest BCUT2D eigenvalue weighted by atomic mass is 10.3. The Labute approximate surface area is 117 Å². The topological polar surface area (TPSA) is 65.5 Å². The van der Waals surface area contributed by atoms with Crippen molar-refractivity contribution in [2.24, 2.45) is 0 Å². The summed E-state index contributed by atoms with van der Waals surface area (Å²) in [5, 5.41) is 3.01. The molecule has 0 aliphatic heterocycles. The van der Waals surface area contributed by atoms with Gasteiger partial charge in [-0.2, -0.15) is 0 Å². The molecular formula is C14H17N3O3. The average molecular weight is 275 g/mol. The summed E-state index contributed by atoms with van der Waals surface area (Å²) in [5.41, 5.74) is 0.840. The molecule has 6 nitrogen and oxygen atoms in total. The number of benzene rings is 1. The standard InChI is InChI=1S/C14H17N3O3/c1-15-7-10-8-17-13(9-16-10)20-14-11(18-2)5-4-6-12(14)19-3/h4-6,8-9,15H,7H2,1-3H3. The number of hydrogen-bond donors (Lipinski definition) is 1. The second kappa shape index (κ2) is 6.72. The Hall–Kier alpha value is -2.34. The first-order valence-electron chi connectivity index (χ1n) is 6.13. The molecule has 0 aliphatic rings. The van der Waals surface area contributed by atoms with E-state index < -0.39 is 0 Å². The van der Waals surface area contributed by atoms with Crippen molar-refractivity contribution in [1.82, 2.24) is 15.3 Å². The lowest BCUT2D eigenvalue weighted by Crippen LogP contribution is -2.07. The van der Waals surface area contributed by atoms with Crippen LogP contribution in [0.3, 0.4) is 0 Å². The SMILES string of the molecule is CNCc1cnc(Oc2c(OC)cccc2OC)cn1. The highest BCUT2D eigenvalue weighted by Gasteiger charge is 2.13. The third-order valence-corrected chi connectivity index (χ3v) is 2.63. The van der Waals surface area contributed by atoms with E-state index in [2.05, 4.69) is 15.3 Å². The number of nitrogens with zero attached hydrogens (tertiary/aromatic N) is 2. The molecule has 0 radical (unpaired) electrons. The van der Waals surface area contributed by atoms with Crippen molar-refractivity contribution in [3.05, 3.63) is 36.3 Å². The fourth-order valence-corrected chi connectivity index (χ4v) is 1.69. The first kappa shape index (κ1) is 14.1. The maximum absolute atomic E-state index is 5.71. The summed E-state index contributed by atoms with van der Waals surface area (Å²) in [5.74, 6) is 2.01. The molecule has 0 aliphatic carbocycles. The predicted octanol–water partition coefficient (Wildman–Crippen LogP) is 2.01. The van der Waals surface area contributed by atoms with Crippen molar-refractivity contribution in [1.29, 1.82) is 0 Å². The zero-order valence-electron chi connectivity index (χ0n) is 11.7. The minimum Gasteiger partial charge on any atom is -0.493 e. The molecule has 0 saturated heterocycles. The second-order valence-corrected chi connectivity index (χ2v) is 3.97. The largest absolute Gasteiger partial charge is 0.493 e. The van der Waals surface area contributed by atoms with E-state index in [-0.39, 0.29) is 0 Å². The predicted molar refractivity (Wildman–Crippen MR) is 74.4 cm³/mol. The Bertz CT molecular complexity index is 536. The quantitative estimate of drug-likeness (QED) is 0.870. The molecule has 1 aromatic carbocycles. The van der Waals surface area contributed by atoms with Crippen LogP contribution in [0.2, 0.25) is 0 Å². The molecule has 0 fully saturated rings. The van der Waals surface area contributed by atoms with Crippen molar-refractivity contribution in [2.45, 2.75) is 6.54 Å². The van der Waals surface area contributed by atoms with Gasteiger partial charge in [0.05, 0.1) is 32.3 Å². The Morgan fingerprint density at radius 2 is 1.75 bits per heavy atom. The summed E-state index contributed by atoms with van der Waals surface area (Å²) in [6, 6.07) is 5.41. The first-order chi connectivity index (χ1) is 9.78. The maximum atomic E-state index is 5.71. The van der Waals surface area contributed by atoms with Crippen LogP contribution in [0.5, 0.6) is 23.1 Å². The third-order valence-electron chi connectivity index (χ3n) is 2.63. The van der Waals surface area contributed by atoms with E-state index in [1.54, 1.807) is 38.7 Å². The molecule has 1 aromatic heterocycles. The minimum atomic E-state index is 0.382. The third kappa shape index (κ3) is 3.16. The Balaban J connectivity index is 2.24. The fourth-order valence-electron chi connectivity index (χ4n) is 1.69. The van der Waals surface area contributed by atoms with E-state index in [9.17, 15) is 0 Å². The van der Waals surface area contributed by atoms with Crippen LogP contribution in [0, 0.1) is 0 Å². The number of para-hydroxylation sites is 1. The first-order valence-corrected chi connectivity index (χ1v) is 6.13. The number of hydrogen-bond acceptors (Lipinski definition) is 6. The number of methoxy groups -OCH3 is 2. The molecule has 106 valence electrons. The molecule has 0 unspecified atom stereocenters. The molecule has 20 heavy (non-hydrogen) atoms. The van der Waals surface area contributed by atoms with Crippen LogP contribution in [0.4, 0.5) is 0 Å². The lowest BCUT2D eigenvalue weighted by Gasteiger charge is -2.13. The molecule has 0 spiro atoms. The van der Waals surface area contributed by atoms with Gasteiger partial charge in [0.15, 0.2) is 11.5 Å². The van der Waals surface area contributed by atoms with Crippen LogP contribution in [0.15, 0.2) is 30.6 Å². The normalized spacial score (nSPS) is 10.2. The van der Waals surface area contributed by atoms with Crippen LogP contribution < -0.4 is 19.5 Å². The summed E-state index contributed by atoms with van der Waals surface area (Å²) in [6.07, 6.45) is 3.23. The molecule has 0 saturated carbocycles. The van der Waals surface area contributed by atoms with Gasteiger partial charge in [-0.3, -0.25) is 4.98 Å². The highest BCUT2D eigenvalue weighted by Crippen LogP contribution is 2.39. The van der Waals surface area contributed by atoms with Gasteiger partial charge in [-0.15, -0.1) is 0 Å². The highest BCUT2D eigenvalue weighted by atomic mass is 16.5. The monoisotopic (exact) mass is 275 g/mol. The fraction of sp³-hybridized carbons (Fsp3) is 0.286. The molecule has 2 rings (SSSR count). The van der Waals surface area contributed by atoms with Gasteiger partial charge in [-0.05, 0) is 19.2 Å². The van der Waals surface area contributed by atoms with Crippen molar-refractivity contribution >= 4 is 0 Å². The van der Waals surface area contributed by atoms with E-state index in [0.717, 1.165) is 5.69 Å². The van der Waals surface area contributed by atoms with Gasteiger partial charge in [0, 0.05) is 6.54 Å². The van der Waals surface area contributed by atoms with Crippen molar-refractivity contribution in [3.8, 4) is 23.1 Å². The number of ether oxygens (including phenoxy) is 3. The van der Waals surface area contributed by atoms with E-state index >= 15 is 0 Å². The number of nitrogens with one attached hydrogen (secondary N) is 1. The lowest BCUT2D eigenvalue weighted by molar-refractivity contribution is 0.341. The summed E-state index contributed by atoms with van der Waals surface area (Å²) in [4.78, 5) is 8.45. The van der Waals surface area contributed by atoms with Crippen molar-refractivity contribution < 1.29 is 14.2 Å². The van der Waals surface area contributed by atoms with E-state index in [4.69, 9.17) is 14.2 Å². The summed E-state index contributed by atoms with van der Waals surface area (Å²) in [6.45, 7) is 0.658. The second-order valence-electron chi connectivity index (χ2n) is 3.97. The number of rotatable bonds is 6. The van der Waals surface area contributed by atoms with Gasteiger partial charge in [-0.25, -0.2) is 4.98 Å². The van der Waals surface area contributed by atoms with Crippen molar-refractivity contribution in [2.75, 3.05) is 21.3 Å². The molecule has 0 bridgehead atoms. The van der Waals surface area contributed by atoms with Crippen LogP contribution in [0.1, 0.15) is 5.69 Å². The number of aromatic nitrogens is 2. The minimum absolute atomic E-state index is 0.382. The summed E-state index contributed by atoms with van der Waals surface area (Å²) in [7, 11) is 5.00. The smallest absolute Gasteiger partial charge is 0.238 e. The van der Waals surface area contributed by atoms with Crippen molar-refractivity contribution in [3.63, 3.8) is 0 Å². The Morgan fingerprint density at radius 3 is 2.25 bits per heavy atom. The zero-order valence-corrected chi connectivity index (χ0v) is 11.7. The molecular weight excluding hydrogens is 258 g/mol. The Morgan fingerprint density at radius 1 is 1.05 bits per heavy atom. The molecule has 6 heteroatoms. The summed E-state index contributed by atoms with van der Waals surface area (Å²) >= 11 is 0. The molecule has 0 atom stereocenters. The average Bonchev–Trinajstić information content (AvgIpc) is 2.49. The van der Waals surface area contributed by atoms with E-state index in [1.807, 2.05) is 13.1 Å². The van der Waals surface area contributed by atoms with E-state index in [1.165, 1.54) is 0 Å². The van der Waals surface area contributed by atoms with Gasteiger partial charge in [0.2, 0.25) is 11.6 Å². The van der Waals surface area contributed by atoms with E-state index in [0.29, 0.717) is 29.7 Å². The van der Waals surface area contributed by atoms with Gasteiger partial charge >= 0.3 is 0 Å². The van der Waals surface area contributed by atoms with Gasteiger partial charge in [0.25, 0.3) is 0 Å². The highest BCUT2D eigenvalue weighted by molar-refractivity contribution is 5.52. The van der Waals surface area contributed by atoms with Gasteiger partial charge in [0.1, 0.15) is 0 Å². The van der Waals surface area contributed by atoms with Crippen LogP contribution in [-0.2, 0) is 6.54 Å². The molecule has 0 amide bonds. The van der Waals surface area contributed by atoms with Crippen LogP contribution in [0.25, 0.3) is 0 Å². The summed E-state index contributed by atoms with van der Waals surface area (Å²) < 4.78 is 16.2. The Kier molecular flexibility index (Phi) is 4.73. The maximum Gasteiger partial charge on any atom is 0.238 e. The molecule has 1 N–H and O–H groups in total. The molecule has 2 aromatic rings. The molecule has 1 heterocycles. The van der Waals surface area contributed by atoms with Gasteiger partial charge < -0.3 is 19.5 Å².